The summed E-state index contributed by atoms with van der Waals surface area (Å²) < 4.78 is 30.6. The molecule has 4 rings (SSSR count). The van der Waals surface area contributed by atoms with Gasteiger partial charge in [0.25, 0.3) is 10.1 Å². The van der Waals surface area contributed by atoms with E-state index in [9.17, 15) is 23.1 Å². The van der Waals surface area contributed by atoms with E-state index >= 15 is 0 Å². The van der Waals surface area contributed by atoms with Gasteiger partial charge in [0, 0.05) is 25.9 Å². The van der Waals surface area contributed by atoms with Crippen molar-refractivity contribution in [3.8, 4) is 0 Å². The molecule has 0 heterocycles. The third-order valence-electron chi connectivity index (χ3n) is 11.4. The summed E-state index contributed by atoms with van der Waals surface area (Å²) in [6.07, 6.45) is 9.36. The normalized spacial score (nSPS) is 42.2. The first-order valence-corrected chi connectivity index (χ1v) is 16.0. The van der Waals surface area contributed by atoms with Crippen molar-refractivity contribution in [1.82, 2.24) is 10.6 Å². The number of rotatable bonds is 8. The molecule has 2 amide bonds. The third kappa shape index (κ3) is 5.88. The molecule has 0 radical (unpaired) electrons. The molecule has 4 N–H and O–H groups in total. The predicted molar refractivity (Wildman–Crippen MR) is 142 cm³/mol. The number of hydrogen-bond donors (Lipinski definition) is 4. The minimum atomic E-state index is -4.07. The lowest BCUT2D eigenvalue weighted by molar-refractivity contribution is -0.167. The molecule has 1 unspecified atom stereocenters. The van der Waals surface area contributed by atoms with Crippen molar-refractivity contribution < 1.29 is 27.7 Å². The highest BCUT2D eigenvalue weighted by Gasteiger charge is 2.62. The zero-order valence-corrected chi connectivity index (χ0v) is 23.9. The van der Waals surface area contributed by atoms with Crippen LogP contribution in [0, 0.1) is 46.3 Å². The second-order valence-electron chi connectivity index (χ2n) is 13.3. The Labute approximate surface area is 222 Å². The molecular weight excluding hydrogens is 492 g/mol. The Morgan fingerprint density at radius 2 is 1.70 bits per heavy atom. The number of hydrogen-bond acceptors (Lipinski definition) is 5. The molecule has 0 saturated heterocycles. The summed E-state index contributed by atoms with van der Waals surface area (Å²) in [5, 5.41) is 17.3. The summed E-state index contributed by atoms with van der Waals surface area (Å²) in [5.74, 6) is 2.10. The quantitative estimate of drug-likeness (QED) is 0.348. The molecule has 10 atom stereocenters. The first kappa shape index (κ1) is 28.8. The van der Waals surface area contributed by atoms with Gasteiger partial charge in [-0.15, -0.1) is 0 Å². The number of aliphatic hydroxyl groups excluding tert-OH is 1. The number of fused-ring (bicyclic) bond motifs is 5. The first-order chi connectivity index (χ1) is 17.2. The molecule has 37 heavy (non-hydrogen) atoms. The molecule has 9 heteroatoms. The molecular formula is C28H48N2O6S. The average Bonchev–Trinajstić information content (AvgIpc) is 3.14. The van der Waals surface area contributed by atoms with E-state index in [4.69, 9.17) is 4.55 Å². The maximum Gasteiger partial charge on any atom is 0.266 e. The fourth-order valence-corrected chi connectivity index (χ4v) is 9.94. The zero-order valence-electron chi connectivity index (χ0n) is 23.0. The van der Waals surface area contributed by atoms with Crippen molar-refractivity contribution in [1.29, 1.82) is 0 Å². The molecule has 4 fully saturated rings. The van der Waals surface area contributed by atoms with Gasteiger partial charge in [-0.05, 0) is 104 Å². The summed E-state index contributed by atoms with van der Waals surface area (Å²) in [4.78, 5) is 23.9. The largest absolute Gasteiger partial charge is 0.393 e. The van der Waals surface area contributed by atoms with Crippen LogP contribution in [0.25, 0.3) is 0 Å². The molecule has 0 aliphatic heterocycles. The molecule has 4 aliphatic carbocycles. The van der Waals surface area contributed by atoms with Crippen LogP contribution in [0.1, 0.15) is 91.9 Å². The Kier molecular flexibility index (Phi) is 8.38. The SMILES string of the molecule is CC(=O)N[C@@H]1CC[C@@]2(C)C(C1)C[C@H](O)[C@H]1[C@@H]3CC[C@H]([C@H](C)CCC(=O)NCCS(=O)(=O)O)[C@@]3(C)CC[C@@H]12. The molecule has 212 valence electrons. The van der Waals surface area contributed by atoms with Crippen LogP contribution < -0.4 is 10.6 Å². The van der Waals surface area contributed by atoms with Crippen molar-refractivity contribution in [3.63, 3.8) is 0 Å². The van der Waals surface area contributed by atoms with E-state index in [-0.39, 0.29) is 41.3 Å². The highest BCUT2D eigenvalue weighted by atomic mass is 32.2. The van der Waals surface area contributed by atoms with E-state index in [2.05, 4.69) is 31.4 Å². The van der Waals surface area contributed by atoms with Gasteiger partial charge < -0.3 is 15.7 Å². The van der Waals surface area contributed by atoms with Crippen LogP contribution in [0.4, 0.5) is 0 Å². The van der Waals surface area contributed by atoms with E-state index in [0.717, 1.165) is 51.4 Å². The first-order valence-electron chi connectivity index (χ1n) is 14.4. The molecule has 0 aromatic carbocycles. The highest BCUT2D eigenvalue weighted by Crippen LogP contribution is 2.68. The van der Waals surface area contributed by atoms with E-state index in [1.54, 1.807) is 6.92 Å². The summed E-state index contributed by atoms with van der Waals surface area (Å²) in [5.41, 5.74) is 0.392. The zero-order chi connectivity index (χ0) is 27.2. The Morgan fingerprint density at radius 1 is 1.03 bits per heavy atom. The van der Waals surface area contributed by atoms with Gasteiger partial charge in [0.15, 0.2) is 0 Å². The van der Waals surface area contributed by atoms with E-state index in [0.29, 0.717) is 41.9 Å². The van der Waals surface area contributed by atoms with Crippen LogP contribution in [0.2, 0.25) is 0 Å². The monoisotopic (exact) mass is 540 g/mol. The van der Waals surface area contributed by atoms with Crippen molar-refractivity contribution in [2.24, 2.45) is 46.3 Å². The summed E-state index contributed by atoms with van der Waals surface area (Å²) >= 11 is 0. The summed E-state index contributed by atoms with van der Waals surface area (Å²) in [6, 6.07) is 0.232. The maximum absolute atomic E-state index is 12.2. The van der Waals surface area contributed by atoms with Crippen molar-refractivity contribution >= 4 is 21.9 Å². The number of aliphatic hydroxyl groups is 1. The van der Waals surface area contributed by atoms with Crippen LogP contribution in [0.3, 0.4) is 0 Å². The van der Waals surface area contributed by atoms with Crippen LogP contribution in [0.15, 0.2) is 0 Å². The average molecular weight is 541 g/mol. The lowest BCUT2D eigenvalue weighted by Crippen LogP contribution is -2.59. The molecule has 8 nitrogen and oxygen atoms in total. The van der Waals surface area contributed by atoms with E-state index in [1.165, 1.54) is 6.42 Å². The van der Waals surface area contributed by atoms with Crippen LogP contribution in [0.5, 0.6) is 0 Å². The van der Waals surface area contributed by atoms with Crippen molar-refractivity contribution in [2.45, 2.75) is 104 Å². The Bertz CT molecular complexity index is 972. The Morgan fingerprint density at radius 3 is 2.38 bits per heavy atom. The molecule has 0 bridgehead atoms. The molecule has 0 aromatic heterocycles. The maximum atomic E-state index is 12.2. The molecule has 0 aromatic rings. The third-order valence-corrected chi connectivity index (χ3v) is 12.1. The summed E-state index contributed by atoms with van der Waals surface area (Å²) in [7, 11) is -4.07. The van der Waals surface area contributed by atoms with Crippen molar-refractivity contribution in [3.05, 3.63) is 0 Å². The Balaban J connectivity index is 1.38. The second-order valence-corrected chi connectivity index (χ2v) is 14.9. The van der Waals surface area contributed by atoms with Gasteiger partial charge in [0.2, 0.25) is 11.8 Å². The van der Waals surface area contributed by atoms with Gasteiger partial charge in [-0.2, -0.15) is 8.42 Å². The van der Waals surface area contributed by atoms with Crippen molar-refractivity contribution in [2.75, 3.05) is 12.3 Å². The smallest absolute Gasteiger partial charge is 0.266 e. The van der Waals surface area contributed by atoms with Gasteiger partial charge in [0.05, 0.1) is 11.9 Å². The summed E-state index contributed by atoms with van der Waals surface area (Å²) in [6.45, 7) is 8.66. The van der Waals surface area contributed by atoms with E-state index < -0.39 is 15.9 Å². The van der Waals surface area contributed by atoms with Gasteiger partial charge >= 0.3 is 0 Å². The lowest BCUT2D eigenvalue weighted by Gasteiger charge is -2.62. The van der Waals surface area contributed by atoms with Gasteiger partial charge in [0.1, 0.15) is 0 Å². The Hall–Kier alpha value is -1.19. The molecule has 0 spiro atoms. The minimum absolute atomic E-state index is 0.0398. The van der Waals surface area contributed by atoms with E-state index in [1.807, 2.05) is 0 Å². The highest BCUT2D eigenvalue weighted by molar-refractivity contribution is 7.85. The van der Waals surface area contributed by atoms with Crippen LogP contribution in [-0.4, -0.2) is 54.3 Å². The molecule has 4 saturated carbocycles. The number of carbonyl (C=O) groups is 2. The molecule has 4 aliphatic rings. The lowest BCUT2D eigenvalue weighted by atomic mass is 9.43. The second kappa shape index (κ2) is 10.8. The van der Waals surface area contributed by atoms with Gasteiger partial charge in [-0.25, -0.2) is 0 Å². The fraction of sp³-hybridized carbons (Fsp3) is 0.929. The van der Waals surface area contributed by atoms with Crippen LogP contribution in [-0.2, 0) is 19.7 Å². The predicted octanol–water partition coefficient (Wildman–Crippen LogP) is 3.54. The van der Waals surface area contributed by atoms with Gasteiger partial charge in [-0.1, -0.05) is 20.8 Å². The van der Waals surface area contributed by atoms with Gasteiger partial charge in [-0.3, -0.25) is 14.1 Å². The minimum Gasteiger partial charge on any atom is -0.393 e. The topological polar surface area (TPSA) is 133 Å². The van der Waals surface area contributed by atoms with Crippen LogP contribution >= 0.6 is 0 Å². The number of carbonyl (C=O) groups excluding carboxylic acids is 2. The number of nitrogens with one attached hydrogen (secondary N) is 2. The number of amides is 2. The standard InChI is InChI=1S/C28H48N2O6S/c1-17(5-8-25(33)29-13-14-37(34,35)36)21-6-7-22-26-23(10-12-28(21,22)4)27(3)11-9-20(30-18(2)31)15-19(27)16-24(26)32/h17,19-24,26,32H,5-16H2,1-4H3,(H,29,33)(H,30,31)(H,34,35,36)/t17-,19?,20-,21-,22+,23+,24+,26+,27+,28-/m1/s1. The fourth-order valence-electron chi connectivity index (χ4n) is 9.58.